The van der Waals surface area contributed by atoms with Crippen molar-refractivity contribution in [1.82, 2.24) is 9.62 Å². The van der Waals surface area contributed by atoms with Crippen molar-refractivity contribution < 1.29 is 32.3 Å². The molecule has 2 atom stereocenters. The molecule has 1 unspecified atom stereocenters. The lowest BCUT2D eigenvalue weighted by Gasteiger charge is -2.34. The molecule has 1 aromatic rings. The summed E-state index contributed by atoms with van der Waals surface area (Å²) in [7, 11) is -2.56. The summed E-state index contributed by atoms with van der Waals surface area (Å²) in [4.78, 5) is 24.6. The van der Waals surface area contributed by atoms with E-state index >= 15 is 0 Å². The number of ether oxygens (including phenoxy) is 1. The summed E-state index contributed by atoms with van der Waals surface area (Å²) in [5.74, 6) is -1.92. The maximum atomic E-state index is 12.3. The van der Waals surface area contributed by atoms with E-state index in [1.54, 1.807) is 6.92 Å². The average Bonchev–Trinajstić information content (AvgIpc) is 2.96. The molecule has 0 aliphatic carbocycles. The minimum absolute atomic E-state index is 0.132. The van der Waals surface area contributed by atoms with Crippen molar-refractivity contribution in [3.8, 4) is 0 Å². The topological polar surface area (TPSA) is 126 Å². The molecule has 9 nitrogen and oxygen atoms in total. The van der Waals surface area contributed by atoms with Crippen LogP contribution < -0.4 is 4.72 Å². The predicted molar refractivity (Wildman–Crippen MR) is 72.8 cm³/mol. The quantitative estimate of drug-likeness (QED) is 0.761. The molecule has 0 saturated carbocycles. The number of carbonyl (C=O) groups excluding carboxylic acids is 1. The smallest absolute Gasteiger partial charge is 0.334 e. The van der Waals surface area contributed by atoms with E-state index in [1.807, 2.05) is 0 Å². The zero-order valence-electron chi connectivity index (χ0n) is 12.0. The number of furan rings is 1. The number of sulfonamides is 1. The van der Waals surface area contributed by atoms with Gasteiger partial charge in [-0.15, -0.1) is 0 Å². The van der Waals surface area contributed by atoms with Crippen LogP contribution in [0.2, 0.25) is 0 Å². The molecule has 10 heteroatoms. The molecule has 2 N–H and O–H groups in total. The second-order valence-electron chi connectivity index (χ2n) is 4.81. The molecule has 1 amide bonds. The summed E-state index contributed by atoms with van der Waals surface area (Å²) >= 11 is 0. The van der Waals surface area contributed by atoms with Gasteiger partial charge >= 0.3 is 5.97 Å². The molecule has 0 radical (unpaired) electrons. The van der Waals surface area contributed by atoms with E-state index in [4.69, 9.17) is 14.3 Å². The Kier molecular flexibility index (Phi) is 4.54. The molecule has 0 bridgehead atoms. The van der Waals surface area contributed by atoms with Gasteiger partial charge in [-0.2, -0.15) is 0 Å². The average molecular weight is 332 g/mol. The molecule has 1 fully saturated rings. The standard InChI is InChI=1S/C12H16N2O7S/c1-7-5-14(6-9(20-7)12(16)17)11(15)8-3-4-10(21-8)22(18,19)13-2/h3-4,7,9,13H,5-6H2,1-2H3,(H,16,17)/t7-,9?/m1/s1. The Bertz CT molecular complexity index is 681. The highest BCUT2D eigenvalue weighted by Crippen LogP contribution is 2.18. The fraction of sp³-hybridized carbons (Fsp3) is 0.500. The van der Waals surface area contributed by atoms with Crippen molar-refractivity contribution in [2.75, 3.05) is 20.1 Å². The molecule has 2 rings (SSSR count). The monoisotopic (exact) mass is 332 g/mol. The first-order valence-corrected chi connectivity index (χ1v) is 7.94. The summed E-state index contributed by atoms with van der Waals surface area (Å²) < 4.78 is 35.5. The highest BCUT2D eigenvalue weighted by molar-refractivity contribution is 7.89. The maximum Gasteiger partial charge on any atom is 0.334 e. The minimum Gasteiger partial charge on any atom is -0.479 e. The number of carboxylic acids is 1. The number of morpholine rings is 1. The predicted octanol–water partition coefficient (Wildman–Crippen LogP) is -0.498. The third kappa shape index (κ3) is 3.29. The first-order chi connectivity index (χ1) is 10.2. The zero-order chi connectivity index (χ0) is 16.5. The summed E-state index contributed by atoms with van der Waals surface area (Å²) in [6.07, 6.45) is -1.57. The van der Waals surface area contributed by atoms with Crippen LogP contribution >= 0.6 is 0 Å². The fourth-order valence-corrected chi connectivity index (χ4v) is 2.74. The van der Waals surface area contributed by atoms with Crippen LogP contribution in [-0.2, 0) is 19.6 Å². The van der Waals surface area contributed by atoms with Gasteiger partial charge in [0.2, 0.25) is 5.09 Å². The lowest BCUT2D eigenvalue weighted by Crippen LogP contribution is -2.51. The Morgan fingerprint density at radius 2 is 2.05 bits per heavy atom. The number of hydrogen-bond donors (Lipinski definition) is 2. The van der Waals surface area contributed by atoms with Gasteiger partial charge in [-0.25, -0.2) is 17.9 Å². The number of carboxylic acid groups (broad SMARTS) is 1. The van der Waals surface area contributed by atoms with Gasteiger partial charge in [0, 0.05) is 6.54 Å². The van der Waals surface area contributed by atoms with E-state index in [0.717, 1.165) is 6.07 Å². The SMILES string of the molecule is CNS(=O)(=O)c1ccc(C(=O)N2CC(C(=O)O)O[C@H](C)C2)o1. The molecule has 122 valence electrons. The Balaban J connectivity index is 2.19. The van der Waals surface area contributed by atoms with Crippen molar-refractivity contribution in [3.05, 3.63) is 17.9 Å². The number of hydrogen-bond acceptors (Lipinski definition) is 6. The van der Waals surface area contributed by atoms with E-state index in [-0.39, 0.29) is 23.9 Å². The van der Waals surface area contributed by atoms with E-state index in [2.05, 4.69) is 4.72 Å². The minimum atomic E-state index is -3.78. The molecule has 0 aromatic carbocycles. The Morgan fingerprint density at radius 3 is 2.64 bits per heavy atom. The largest absolute Gasteiger partial charge is 0.479 e. The number of aliphatic carboxylic acids is 1. The normalized spacial score (nSPS) is 22.5. The summed E-state index contributed by atoms with van der Waals surface area (Å²) in [6.45, 7) is 1.71. The molecule has 1 aromatic heterocycles. The van der Waals surface area contributed by atoms with Crippen LogP contribution in [0.4, 0.5) is 0 Å². The Hall–Kier alpha value is -1.91. The zero-order valence-corrected chi connectivity index (χ0v) is 12.8. The molecule has 1 aliphatic heterocycles. The molecular weight excluding hydrogens is 316 g/mol. The van der Waals surface area contributed by atoms with Crippen LogP contribution in [0.3, 0.4) is 0 Å². The van der Waals surface area contributed by atoms with Crippen molar-refractivity contribution in [3.63, 3.8) is 0 Å². The molecule has 1 aliphatic rings. The summed E-state index contributed by atoms with van der Waals surface area (Å²) in [5, 5.41) is 8.61. The second kappa shape index (κ2) is 6.07. The molecule has 22 heavy (non-hydrogen) atoms. The molecule has 2 heterocycles. The van der Waals surface area contributed by atoms with Gasteiger partial charge in [0.05, 0.1) is 12.6 Å². The van der Waals surface area contributed by atoms with Crippen LogP contribution in [0.25, 0.3) is 0 Å². The Morgan fingerprint density at radius 1 is 1.36 bits per heavy atom. The van der Waals surface area contributed by atoms with Crippen molar-refractivity contribution in [2.24, 2.45) is 0 Å². The summed E-state index contributed by atoms with van der Waals surface area (Å²) in [6, 6.07) is 2.40. The van der Waals surface area contributed by atoms with Crippen LogP contribution in [0.1, 0.15) is 17.5 Å². The van der Waals surface area contributed by atoms with Gasteiger partial charge in [0.25, 0.3) is 15.9 Å². The van der Waals surface area contributed by atoms with E-state index in [0.29, 0.717) is 0 Å². The number of nitrogens with one attached hydrogen (secondary N) is 1. The maximum absolute atomic E-state index is 12.3. The number of rotatable bonds is 4. The third-order valence-corrected chi connectivity index (χ3v) is 4.44. The van der Waals surface area contributed by atoms with E-state index in [9.17, 15) is 18.0 Å². The van der Waals surface area contributed by atoms with Crippen LogP contribution in [0.15, 0.2) is 21.6 Å². The third-order valence-electron chi connectivity index (χ3n) is 3.15. The molecule has 0 spiro atoms. The van der Waals surface area contributed by atoms with Gasteiger partial charge in [-0.3, -0.25) is 4.79 Å². The summed E-state index contributed by atoms with van der Waals surface area (Å²) in [5.41, 5.74) is 0. The fourth-order valence-electron chi connectivity index (χ4n) is 2.09. The van der Waals surface area contributed by atoms with Crippen LogP contribution in [0.5, 0.6) is 0 Å². The van der Waals surface area contributed by atoms with Crippen molar-refractivity contribution in [1.29, 1.82) is 0 Å². The highest BCUT2D eigenvalue weighted by Gasteiger charge is 2.34. The van der Waals surface area contributed by atoms with Crippen LogP contribution in [-0.4, -0.2) is 62.6 Å². The van der Waals surface area contributed by atoms with Gasteiger partial charge in [-0.05, 0) is 26.1 Å². The lowest BCUT2D eigenvalue weighted by molar-refractivity contribution is -0.160. The highest BCUT2D eigenvalue weighted by atomic mass is 32.2. The number of nitrogens with zero attached hydrogens (tertiary/aromatic N) is 1. The van der Waals surface area contributed by atoms with Gasteiger partial charge < -0.3 is 19.2 Å². The number of carbonyl (C=O) groups is 2. The number of amides is 1. The van der Waals surface area contributed by atoms with Gasteiger partial charge in [0.1, 0.15) is 0 Å². The lowest BCUT2D eigenvalue weighted by atomic mass is 10.2. The van der Waals surface area contributed by atoms with E-state index in [1.165, 1.54) is 18.0 Å². The first kappa shape index (κ1) is 16.5. The second-order valence-corrected chi connectivity index (χ2v) is 6.63. The molecular formula is C12H16N2O7S. The molecule has 1 saturated heterocycles. The van der Waals surface area contributed by atoms with Gasteiger partial charge in [0.15, 0.2) is 11.9 Å². The van der Waals surface area contributed by atoms with Crippen molar-refractivity contribution >= 4 is 21.9 Å². The van der Waals surface area contributed by atoms with E-state index < -0.39 is 34.1 Å². The first-order valence-electron chi connectivity index (χ1n) is 6.45. The van der Waals surface area contributed by atoms with Crippen molar-refractivity contribution in [2.45, 2.75) is 24.2 Å². The van der Waals surface area contributed by atoms with Gasteiger partial charge in [-0.1, -0.05) is 0 Å². The Labute approximate surface area is 126 Å². The van der Waals surface area contributed by atoms with Crippen LogP contribution in [0, 0.1) is 0 Å².